The Morgan fingerprint density at radius 2 is 1.89 bits per heavy atom. The number of rotatable bonds is 5. The Bertz CT molecular complexity index is 1320. The Kier molecular flexibility index (Phi) is 6.28. The van der Waals surface area contributed by atoms with Crippen LogP contribution in [-0.4, -0.2) is 71.5 Å². The number of anilines is 1. The molecule has 1 saturated heterocycles. The van der Waals surface area contributed by atoms with Crippen LogP contribution in [0.3, 0.4) is 0 Å². The van der Waals surface area contributed by atoms with E-state index in [0.29, 0.717) is 30.6 Å². The molecular formula is C28H30N4O3. The van der Waals surface area contributed by atoms with E-state index in [-0.39, 0.29) is 18.4 Å². The number of aromatic amines is 1. The van der Waals surface area contributed by atoms with Gasteiger partial charge in [-0.2, -0.15) is 0 Å². The van der Waals surface area contributed by atoms with Crippen molar-refractivity contribution in [2.45, 2.75) is 13.3 Å². The molecule has 0 atom stereocenters. The lowest BCUT2D eigenvalue weighted by Gasteiger charge is -2.32. The van der Waals surface area contributed by atoms with E-state index in [9.17, 15) is 14.7 Å². The van der Waals surface area contributed by atoms with Crippen molar-refractivity contribution in [1.82, 2.24) is 14.8 Å². The van der Waals surface area contributed by atoms with Gasteiger partial charge in [0.25, 0.3) is 11.8 Å². The van der Waals surface area contributed by atoms with Crippen LogP contribution in [0.2, 0.25) is 0 Å². The predicted molar refractivity (Wildman–Crippen MR) is 138 cm³/mol. The standard InChI is InChI=1S/C28H30N4O3/c1-18-23(28(35)32-12-10-31(2)11-13-32)17-29-25(18)16-22-26-21(7-4-8-24(26)30-27(22)34)20-6-3-5-19(15-20)9-14-33/h3-8,15-17,29,33H,9-14H2,1-2H3,(H,30,34)/b22-16-. The predicted octanol–water partition coefficient (Wildman–Crippen LogP) is 3.41. The fourth-order valence-electron chi connectivity index (χ4n) is 4.86. The monoisotopic (exact) mass is 470 g/mol. The van der Waals surface area contributed by atoms with Gasteiger partial charge in [-0.25, -0.2) is 0 Å². The molecule has 3 heterocycles. The molecule has 0 radical (unpaired) electrons. The number of piperazine rings is 1. The summed E-state index contributed by atoms with van der Waals surface area (Å²) < 4.78 is 0. The van der Waals surface area contributed by atoms with E-state index in [1.54, 1.807) is 6.20 Å². The Labute approximate surface area is 205 Å². The second-order valence-corrected chi connectivity index (χ2v) is 9.25. The number of aromatic nitrogens is 1. The van der Waals surface area contributed by atoms with E-state index in [0.717, 1.165) is 52.3 Å². The zero-order valence-electron chi connectivity index (χ0n) is 20.1. The molecule has 7 nitrogen and oxygen atoms in total. The number of aliphatic hydroxyl groups is 1. The van der Waals surface area contributed by atoms with E-state index >= 15 is 0 Å². The fraction of sp³-hybridized carbons (Fsp3) is 0.286. The highest BCUT2D eigenvalue weighted by Gasteiger charge is 2.29. The molecule has 1 fully saturated rings. The van der Waals surface area contributed by atoms with Gasteiger partial charge in [0.2, 0.25) is 0 Å². The van der Waals surface area contributed by atoms with Gasteiger partial charge in [-0.05, 0) is 54.8 Å². The quantitative estimate of drug-likeness (QED) is 0.499. The summed E-state index contributed by atoms with van der Waals surface area (Å²) in [5.41, 5.74) is 7.39. The van der Waals surface area contributed by atoms with Gasteiger partial charge in [-0.1, -0.05) is 36.4 Å². The Morgan fingerprint density at radius 1 is 1.11 bits per heavy atom. The van der Waals surface area contributed by atoms with Crippen LogP contribution < -0.4 is 5.32 Å². The average Bonchev–Trinajstić information content (AvgIpc) is 3.38. The maximum absolute atomic E-state index is 13.1. The molecule has 3 N–H and O–H groups in total. The second-order valence-electron chi connectivity index (χ2n) is 9.25. The van der Waals surface area contributed by atoms with Crippen molar-refractivity contribution in [3.63, 3.8) is 0 Å². The maximum Gasteiger partial charge on any atom is 0.256 e. The summed E-state index contributed by atoms with van der Waals surface area (Å²) in [5.74, 6) is -0.144. The van der Waals surface area contributed by atoms with E-state index < -0.39 is 0 Å². The van der Waals surface area contributed by atoms with Gasteiger partial charge < -0.3 is 25.2 Å². The first kappa shape index (κ1) is 23.1. The van der Waals surface area contributed by atoms with E-state index in [4.69, 9.17) is 0 Å². The highest BCUT2D eigenvalue weighted by atomic mass is 16.3. The number of nitrogens with zero attached hydrogens (tertiary/aromatic N) is 2. The van der Waals surface area contributed by atoms with Crippen LogP contribution in [0.25, 0.3) is 22.8 Å². The van der Waals surface area contributed by atoms with E-state index in [2.05, 4.69) is 28.3 Å². The number of nitrogens with one attached hydrogen (secondary N) is 2. The van der Waals surface area contributed by atoms with Crippen molar-refractivity contribution in [1.29, 1.82) is 0 Å². The number of hydrogen-bond donors (Lipinski definition) is 3. The minimum absolute atomic E-state index is 0.0224. The maximum atomic E-state index is 13.1. The molecule has 2 aliphatic heterocycles. The third-order valence-corrected chi connectivity index (χ3v) is 6.95. The Balaban J connectivity index is 1.51. The smallest absolute Gasteiger partial charge is 0.256 e. The van der Waals surface area contributed by atoms with Crippen LogP contribution in [0.15, 0.2) is 48.7 Å². The highest BCUT2D eigenvalue weighted by molar-refractivity contribution is 6.36. The summed E-state index contributed by atoms with van der Waals surface area (Å²) in [4.78, 5) is 33.5. The van der Waals surface area contributed by atoms with Gasteiger partial charge in [-0.15, -0.1) is 0 Å². The molecule has 2 aliphatic rings. The van der Waals surface area contributed by atoms with Gasteiger partial charge >= 0.3 is 0 Å². The zero-order valence-corrected chi connectivity index (χ0v) is 20.1. The number of hydrogen-bond acceptors (Lipinski definition) is 4. The van der Waals surface area contributed by atoms with Crippen LogP contribution in [0, 0.1) is 6.92 Å². The van der Waals surface area contributed by atoms with Crippen LogP contribution in [0.5, 0.6) is 0 Å². The molecule has 2 aromatic carbocycles. The number of carbonyl (C=O) groups excluding carboxylic acids is 2. The number of aliphatic hydroxyl groups excluding tert-OH is 1. The second kappa shape index (κ2) is 9.52. The topological polar surface area (TPSA) is 88.7 Å². The summed E-state index contributed by atoms with van der Waals surface area (Å²) >= 11 is 0. The molecule has 0 bridgehead atoms. The van der Waals surface area contributed by atoms with Crippen LogP contribution in [-0.2, 0) is 11.2 Å². The molecule has 5 rings (SSSR count). The van der Waals surface area contributed by atoms with Crippen molar-refractivity contribution in [2.24, 2.45) is 0 Å². The van der Waals surface area contributed by atoms with Gasteiger partial charge in [-0.3, -0.25) is 9.59 Å². The zero-order chi connectivity index (χ0) is 24.5. The molecule has 0 spiro atoms. The lowest BCUT2D eigenvalue weighted by atomic mass is 9.93. The summed E-state index contributed by atoms with van der Waals surface area (Å²) in [6.07, 6.45) is 4.17. The van der Waals surface area contributed by atoms with Gasteiger partial charge in [0.15, 0.2) is 0 Å². The molecule has 0 saturated carbocycles. The number of H-pyrrole nitrogens is 1. The summed E-state index contributed by atoms with van der Waals surface area (Å²) in [5, 5.41) is 12.3. The Morgan fingerprint density at radius 3 is 2.66 bits per heavy atom. The number of benzene rings is 2. The molecule has 0 unspecified atom stereocenters. The van der Waals surface area contributed by atoms with Gasteiger partial charge in [0, 0.05) is 55.9 Å². The first-order valence-electron chi connectivity index (χ1n) is 12.0. The molecule has 1 aromatic heterocycles. The normalized spacial score (nSPS) is 17.1. The first-order valence-corrected chi connectivity index (χ1v) is 12.0. The average molecular weight is 471 g/mol. The highest BCUT2D eigenvalue weighted by Crippen LogP contribution is 2.40. The van der Waals surface area contributed by atoms with Crippen LogP contribution in [0.1, 0.15) is 32.7 Å². The van der Waals surface area contributed by atoms with Crippen molar-refractivity contribution in [2.75, 3.05) is 45.2 Å². The lowest BCUT2D eigenvalue weighted by molar-refractivity contribution is -0.110. The fourth-order valence-corrected chi connectivity index (χ4v) is 4.86. The van der Waals surface area contributed by atoms with Crippen molar-refractivity contribution < 1.29 is 14.7 Å². The molecule has 3 aromatic rings. The van der Waals surface area contributed by atoms with Gasteiger partial charge in [0.1, 0.15) is 0 Å². The Hall–Kier alpha value is -3.68. The molecule has 7 heteroatoms. The van der Waals surface area contributed by atoms with Crippen molar-refractivity contribution >= 4 is 29.2 Å². The number of amides is 2. The largest absolute Gasteiger partial charge is 0.396 e. The van der Waals surface area contributed by atoms with Crippen LogP contribution >= 0.6 is 0 Å². The first-order chi connectivity index (χ1) is 17.0. The van der Waals surface area contributed by atoms with Crippen molar-refractivity contribution in [3.8, 4) is 11.1 Å². The van der Waals surface area contributed by atoms with Crippen molar-refractivity contribution in [3.05, 3.63) is 76.6 Å². The minimum atomic E-state index is -0.167. The molecule has 35 heavy (non-hydrogen) atoms. The summed E-state index contributed by atoms with van der Waals surface area (Å²) in [6.45, 7) is 5.17. The van der Waals surface area contributed by atoms with Gasteiger partial charge in [0.05, 0.1) is 11.1 Å². The molecule has 0 aliphatic carbocycles. The number of likely N-dealkylation sites (N-methyl/N-ethyl adjacent to an activating group) is 1. The third kappa shape index (κ3) is 4.40. The number of carbonyl (C=O) groups is 2. The minimum Gasteiger partial charge on any atom is -0.396 e. The van der Waals surface area contributed by atoms with E-state index in [1.807, 2.05) is 54.3 Å². The van der Waals surface area contributed by atoms with E-state index in [1.165, 1.54) is 0 Å². The van der Waals surface area contributed by atoms with Crippen LogP contribution in [0.4, 0.5) is 5.69 Å². The summed E-state index contributed by atoms with van der Waals surface area (Å²) in [7, 11) is 2.06. The number of fused-ring (bicyclic) bond motifs is 1. The summed E-state index contributed by atoms with van der Waals surface area (Å²) in [6, 6.07) is 13.9. The third-order valence-electron chi connectivity index (χ3n) is 6.95. The lowest BCUT2D eigenvalue weighted by Crippen LogP contribution is -2.47. The molecular weight excluding hydrogens is 440 g/mol. The SMILES string of the molecule is Cc1c(C(=O)N2CCN(C)CC2)c[nH]c1/C=C1\C(=O)Nc2cccc(-c3cccc(CCO)c3)c21. The molecule has 2 amide bonds. The molecule has 180 valence electrons.